The van der Waals surface area contributed by atoms with Gasteiger partial charge in [-0.3, -0.25) is 4.79 Å². The average molecular weight is 490 g/mol. The third-order valence-corrected chi connectivity index (χ3v) is 5.92. The van der Waals surface area contributed by atoms with Crippen molar-refractivity contribution in [2.75, 3.05) is 24.9 Å². The van der Waals surface area contributed by atoms with E-state index in [1.807, 2.05) is 0 Å². The maximum absolute atomic E-state index is 14.0. The molecule has 1 aromatic heterocycles. The predicted octanol–water partition coefficient (Wildman–Crippen LogP) is 4.87. The molecule has 35 heavy (non-hydrogen) atoms. The minimum absolute atomic E-state index is 0.0353. The van der Waals surface area contributed by atoms with Gasteiger partial charge in [0, 0.05) is 12.1 Å². The molecule has 1 aliphatic rings. The Balaban J connectivity index is 1.68. The molecule has 0 fully saturated rings. The topological polar surface area (TPSA) is 97.6 Å². The van der Waals surface area contributed by atoms with Crippen molar-refractivity contribution in [3.63, 3.8) is 0 Å². The summed E-state index contributed by atoms with van der Waals surface area (Å²) in [6.07, 6.45) is -4.54. The lowest BCUT2D eigenvalue weighted by molar-refractivity contribution is -0.173. The van der Waals surface area contributed by atoms with Crippen molar-refractivity contribution >= 4 is 17.4 Å². The minimum atomic E-state index is -4.59. The lowest BCUT2D eigenvalue weighted by Gasteiger charge is -2.34. The predicted molar refractivity (Wildman–Crippen MR) is 123 cm³/mol. The van der Waals surface area contributed by atoms with Gasteiger partial charge in [0.2, 0.25) is 0 Å². The fourth-order valence-electron chi connectivity index (χ4n) is 4.09. The molecule has 1 amide bonds. The van der Waals surface area contributed by atoms with Gasteiger partial charge in [0.05, 0.1) is 32.6 Å². The summed E-state index contributed by atoms with van der Waals surface area (Å²) in [5.41, 5.74) is 1.49. The van der Waals surface area contributed by atoms with Gasteiger partial charge in [0.1, 0.15) is 11.4 Å². The molecule has 0 aliphatic carbocycles. The number of aliphatic hydroxyl groups excluding tert-OH is 1. The molecule has 0 radical (unpaired) electrons. The van der Waals surface area contributed by atoms with Crippen LogP contribution in [0, 0.1) is 0 Å². The van der Waals surface area contributed by atoms with Crippen molar-refractivity contribution in [3.8, 4) is 11.5 Å². The number of carbonyl (C=O) groups excluding carboxylic acids is 1. The smallest absolute Gasteiger partial charge is 0.410 e. The molecule has 186 valence electrons. The van der Waals surface area contributed by atoms with Crippen LogP contribution >= 0.6 is 0 Å². The van der Waals surface area contributed by atoms with E-state index in [2.05, 4.69) is 15.7 Å². The molecule has 4 rings (SSSR count). The lowest BCUT2D eigenvalue weighted by atomic mass is 9.96. The van der Waals surface area contributed by atoms with Gasteiger partial charge in [-0.05, 0) is 42.3 Å². The van der Waals surface area contributed by atoms with Crippen molar-refractivity contribution in [2.24, 2.45) is 0 Å². The van der Waals surface area contributed by atoms with Crippen LogP contribution in [0.3, 0.4) is 0 Å². The number of hydrogen-bond acceptors (Lipinski definition) is 6. The summed E-state index contributed by atoms with van der Waals surface area (Å²) in [5.74, 6) is 0.160. The van der Waals surface area contributed by atoms with Crippen LogP contribution in [0.25, 0.3) is 0 Å². The average Bonchev–Trinajstić information content (AvgIpc) is 3.26. The number of ether oxygens (including phenoxy) is 2. The normalized spacial score (nSPS) is 18.3. The van der Waals surface area contributed by atoms with E-state index in [1.54, 1.807) is 49.4 Å². The molecule has 2 heterocycles. The molecule has 8 nitrogen and oxygen atoms in total. The molecular weight excluding hydrogens is 465 g/mol. The highest BCUT2D eigenvalue weighted by atomic mass is 19.4. The number of rotatable bonds is 6. The molecule has 3 atom stereocenters. The highest BCUT2D eigenvalue weighted by molar-refractivity contribution is 6.07. The quantitative estimate of drug-likeness (QED) is 0.456. The Morgan fingerprint density at radius 2 is 1.94 bits per heavy atom. The molecule has 3 N–H and O–H groups in total. The standard InChI is InChI=1S/C24H25F3N4O4/c1-13(32)14-5-4-6-16(9-14)29-23(33)17-12-28-31-21(24(25,26)27)11-18(30-22(17)31)15-7-8-19(34-2)20(10-15)35-3/h4-10,12-13,18,21,30,32H,11H2,1-3H3,(H,29,33)/t13-,18-,21+/m1/s1. The Labute approximate surface area is 199 Å². The van der Waals surface area contributed by atoms with E-state index in [-0.39, 0.29) is 17.8 Å². The molecule has 3 aromatic rings. The fourth-order valence-corrected chi connectivity index (χ4v) is 4.09. The van der Waals surface area contributed by atoms with Crippen LogP contribution in [0.2, 0.25) is 0 Å². The highest BCUT2D eigenvalue weighted by Gasteiger charge is 2.47. The number of methoxy groups -OCH3 is 2. The largest absolute Gasteiger partial charge is 0.493 e. The van der Waals surface area contributed by atoms with Crippen LogP contribution in [0.15, 0.2) is 48.7 Å². The number of nitrogens with zero attached hydrogens (tertiary/aromatic N) is 2. The monoisotopic (exact) mass is 490 g/mol. The summed E-state index contributed by atoms with van der Waals surface area (Å²) in [7, 11) is 2.91. The first-order chi connectivity index (χ1) is 16.6. The molecule has 1 aliphatic heterocycles. The SMILES string of the molecule is COc1ccc([C@H]2C[C@@H](C(F)(F)F)n3ncc(C(=O)Nc4cccc([C@@H](C)O)c4)c3N2)cc1OC. The number of halogens is 3. The van der Waals surface area contributed by atoms with Gasteiger partial charge in [-0.2, -0.15) is 18.3 Å². The van der Waals surface area contributed by atoms with Gasteiger partial charge in [-0.15, -0.1) is 0 Å². The first-order valence-corrected chi connectivity index (χ1v) is 10.8. The Kier molecular flexibility index (Phi) is 6.62. The van der Waals surface area contributed by atoms with Crippen molar-refractivity contribution < 1.29 is 32.5 Å². The number of carbonyl (C=O) groups is 1. The first-order valence-electron chi connectivity index (χ1n) is 10.8. The van der Waals surface area contributed by atoms with Crippen molar-refractivity contribution in [1.82, 2.24) is 9.78 Å². The molecular formula is C24H25F3N4O4. The van der Waals surface area contributed by atoms with E-state index in [1.165, 1.54) is 14.2 Å². The molecule has 0 bridgehead atoms. The van der Waals surface area contributed by atoms with Gasteiger partial charge in [-0.25, -0.2) is 4.68 Å². The number of nitrogens with one attached hydrogen (secondary N) is 2. The van der Waals surface area contributed by atoms with Gasteiger partial charge in [0.15, 0.2) is 17.5 Å². The maximum atomic E-state index is 14.0. The number of aromatic nitrogens is 2. The van der Waals surface area contributed by atoms with E-state index in [0.717, 1.165) is 10.9 Å². The molecule has 11 heteroatoms. The van der Waals surface area contributed by atoms with Crippen LogP contribution in [0.4, 0.5) is 24.7 Å². The van der Waals surface area contributed by atoms with Crippen LogP contribution in [0.1, 0.15) is 53.0 Å². The zero-order chi connectivity index (χ0) is 25.3. The van der Waals surface area contributed by atoms with Crippen LogP contribution in [-0.4, -0.2) is 41.2 Å². The van der Waals surface area contributed by atoms with Crippen LogP contribution in [0.5, 0.6) is 11.5 Å². The van der Waals surface area contributed by atoms with Crippen molar-refractivity contribution in [2.45, 2.75) is 37.7 Å². The van der Waals surface area contributed by atoms with Gasteiger partial charge in [0.25, 0.3) is 5.91 Å². The van der Waals surface area contributed by atoms with Gasteiger partial charge >= 0.3 is 6.18 Å². The van der Waals surface area contributed by atoms with Gasteiger partial charge < -0.3 is 25.2 Å². The Hall–Kier alpha value is -3.73. The number of alkyl halides is 3. The van der Waals surface area contributed by atoms with E-state index >= 15 is 0 Å². The number of fused-ring (bicyclic) bond motifs is 1. The number of benzene rings is 2. The Bertz CT molecular complexity index is 1230. The second kappa shape index (κ2) is 9.49. The van der Waals surface area contributed by atoms with Gasteiger partial charge in [-0.1, -0.05) is 18.2 Å². The summed E-state index contributed by atoms with van der Waals surface area (Å²) in [6.45, 7) is 1.59. The fraction of sp³-hybridized carbons (Fsp3) is 0.333. The molecule has 0 saturated heterocycles. The zero-order valence-corrected chi connectivity index (χ0v) is 19.3. The van der Waals surface area contributed by atoms with E-state index < -0.39 is 30.3 Å². The third-order valence-electron chi connectivity index (χ3n) is 5.92. The number of aliphatic hydroxyl groups is 1. The van der Waals surface area contributed by atoms with E-state index in [0.29, 0.717) is 28.3 Å². The lowest BCUT2D eigenvalue weighted by Crippen LogP contribution is -2.36. The first kappa shape index (κ1) is 24.4. The number of hydrogen-bond donors (Lipinski definition) is 3. The van der Waals surface area contributed by atoms with Crippen molar-refractivity contribution in [3.05, 3.63) is 65.4 Å². The summed E-state index contributed by atoms with van der Waals surface area (Å²) in [4.78, 5) is 13.0. The molecule has 2 aromatic carbocycles. The van der Waals surface area contributed by atoms with Crippen LogP contribution < -0.4 is 20.1 Å². The second-order valence-corrected chi connectivity index (χ2v) is 8.21. The minimum Gasteiger partial charge on any atom is -0.493 e. The molecule has 0 unspecified atom stereocenters. The molecule has 0 saturated carbocycles. The zero-order valence-electron chi connectivity index (χ0n) is 19.3. The highest BCUT2D eigenvalue weighted by Crippen LogP contribution is 2.45. The number of anilines is 2. The van der Waals surface area contributed by atoms with E-state index in [9.17, 15) is 23.1 Å². The third kappa shape index (κ3) is 4.90. The Morgan fingerprint density at radius 3 is 2.60 bits per heavy atom. The summed E-state index contributed by atoms with van der Waals surface area (Å²) in [5, 5.41) is 19.4. The summed E-state index contributed by atoms with van der Waals surface area (Å²) < 4.78 is 53.3. The Morgan fingerprint density at radius 1 is 1.20 bits per heavy atom. The van der Waals surface area contributed by atoms with E-state index in [4.69, 9.17) is 9.47 Å². The van der Waals surface area contributed by atoms with Crippen LogP contribution in [-0.2, 0) is 0 Å². The summed E-state index contributed by atoms with van der Waals surface area (Å²) in [6, 6.07) is 8.76. The second-order valence-electron chi connectivity index (χ2n) is 8.21. The summed E-state index contributed by atoms with van der Waals surface area (Å²) >= 11 is 0. The molecule has 0 spiro atoms. The van der Waals surface area contributed by atoms with Crippen molar-refractivity contribution in [1.29, 1.82) is 0 Å². The maximum Gasteiger partial charge on any atom is 0.410 e. The number of amides is 1.